The fraction of sp³-hybridized carbons (Fsp3) is 0.304. The monoisotopic (exact) mass is 525 g/mol. The first-order valence-electron chi connectivity index (χ1n) is 10.8. The van der Waals surface area contributed by atoms with E-state index in [0.717, 1.165) is 16.8 Å². The standard InChI is InChI=1S/C23H20ClF4N5O3/c24-16-6-1-3-12(19(16)25)9-30-17(34)10-32(13-7-8-13)18(35)11-33-21-14(20(31-33)22(29)36)4-2-5-15(21)23(26,27)28/h1-6,13H,7-11H2,(H2,29,36)(H,30,34). The van der Waals surface area contributed by atoms with Crippen LogP contribution in [0.1, 0.15) is 34.5 Å². The molecule has 3 aromatic rings. The topological polar surface area (TPSA) is 110 Å². The van der Waals surface area contributed by atoms with E-state index in [0.29, 0.717) is 12.8 Å². The smallest absolute Gasteiger partial charge is 0.364 e. The Morgan fingerprint density at radius 2 is 1.86 bits per heavy atom. The van der Waals surface area contributed by atoms with Crippen molar-refractivity contribution in [3.8, 4) is 0 Å². The number of nitrogens with zero attached hydrogens (tertiary/aromatic N) is 3. The SMILES string of the molecule is NC(=O)c1nn(CC(=O)N(CC(=O)NCc2cccc(Cl)c2F)C2CC2)c2c(C(F)(F)F)cccc12. The Morgan fingerprint density at radius 3 is 2.50 bits per heavy atom. The summed E-state index contributed by atoms with van der Waals surface area (Å²) in [4.78, 5) is 38.6. The summed E-state index contributed by atoms with van der Waals surface area (Å²) >= 11 is 5.74. The molecule has 0 spiro atoms. The highest BCUT2D eigenvalue weighted by Gasteiger charge is 2.37. The normalized spacial score (nSPS) is 13.6. The van der Waals surface area contributed by atoms with Crippen LogP contribution in [0, 0.1) is 5.82 Å². The molecular weight excluding hydrogens is 506 g/mol. The van der Waals surface area contributed by atoms with Gasteiger partial charge in [0.2, 0.25) is 11.8 Å². The van der Waals surface area contributed by atoms with Crippen LogP contribution in [0.3, 0.4) is 0 Å². The summed E-state index contributed by atoms with van der Waals surface area (Å²) in [7, 11) is 0. The molecule has 3 N–H and O–H groups in total. The molecule has 0 saturated heterocycles. The van der Waals surface area contributed by atoms with Crippen LogP contribution in [0.4, 0.5) is 17.6 Å². The number of nitrogens with two attached hydrogens (primary N) is 1. The van der Waals surface area contributed by atoms with Gasteiger partial charge in [0.05, 0.1) is 22.6 Å². The molecule has 36 heavy (non-hydrogen) atoms. The number of para-hydroxylation sites is 1. The number of primary amides is 1. The van der Waals surface area contributed by atoms with Crippen LogP contribution in [0.15, 0.2) is 36.4 Å². The van der Waals surface area contributed by atoms with Crippen LogP contribution in [-0.2, 0) is 28.9 Å². The first-order chi connectivity index (χ1) is 17.0. The zero-order valence-electron chi connectivity index (χ0n) is 18.6. The van der Waals surface area contributed by atoms with Crippen molar-refractivity contribution >= 4 is 40.2 Å². The third kappa shape index (κ3) is 5.27. The summed E-state index contributed by atoms with van der Waals surface area (Å²) in [5.41, 5.74) is 3.51. The number of carbonyl (C=O) groups is 3. The average molecular weight is 526 g/mol. The second-order valence-corrected chi connectivity index (χ2v) is 8.72. The number of benzene rings is 2. The Kier molecular flexibility index (Phi) is 6.90. The van der Waals surface area contributed by atoms with Crippen molar-refractivity contribution < 1.29 is 31.9 Å². The van der Waals surface area contributed by atoms with E-state index >= 15 is 0 Å². The van der Waals surface area contributed by atoms with Gasteiger partial charge in [-0.05, 0) is 25.0 Å². The van der Waals surface area contributed by atoms with E-state index in [1.165, 1.54) is 29.2 Å². The number of alkyl halides is 3. The van der Waals surface area contributed by atoms with Gasteiger partial charge in [0, 0.05) is 23.5 Å². The Hall–Kier alpha value is -3.67. The van der Waals surface area contributed by atoms with Gasteiger partial charge >= 0.3 is 6.18 Å². The quantitative estimate of drug-likeness (QED) is 0.440. The minimum absolute atomic E-state index is 0.100. The fourth-order valence-corrected chi connectivity index (χ4v) is 4.07. The summed E-state index contributed by atoms with van der Waals surface area (Å²) in [5.74, 6) is -2.98. The molecule has 3 amide bonds. The first kappa shape index (κ1) is 25.4. The molecule has 1 aliphatic carbocycles. The number of hydrogen-bond donors (Lipinski definition) is 2. The van der Waals surface area contributed by atoms with Crippen molar-refractivity contribution in [1.29, 1.82) is 0 Å². The summed E-state index contributed by atoms with van der Waals surface area (Å²) in [6, 6.07) is 7.26. The van der Waals surface area contributed by atoms with Gasteiger partial charge in [-0.25, -0.2) is 4.39 Å². The van der Waals surface area contributed by atoms with Gasteiger partial charge in [-0.1, -0.05) is 35.9 Å². The van der Waals surface area contributed by atoms with E-state index in [9.17, 15) is 31.9 Å². The van der Waals surface area contributed by atoms with Crippen LogP contribution in [0.25, 0.3) is 10.9 Å². The molecule has 0 bridgehead atoms. The van der Waals surface area contributed by atoms with Crippen LogP contribution in [0.5, 0.6) is 0 Å². The second-order valence-electron chi connectivity index (χ2n) is 8.31. The lowest BCUT2D eigenvalue weighted by atomic mass is 10.1. The van der Waals surface area contributed by atoms with Crippen LogP contribution in [-0.4, -0.2) is 45.0 Å². The van der Waals surface area contributed by atoms with Gasteiger partial charge < -0.3 is 16.0 Å². The molecule has 0 aliphatic heterocycles. The van der Waals surface area contributed by atoms with E-state index in [1.807, 2.05) is 0 Å². The molecule has 1 aliphatic rings. The molecule has 1 heterocycles. The number of halogens is 5. The number of carbonyl (C=O) groups excluding carboxylic acids is 3. The molecular formula is C23H20ClF4N5O3. The van der Waals surface area contributed by atoms with Crippen molar-refractivity contribution in [3.05, 3.63) is 64.1 Å². The van der Waals surface area contributed by atoms with E-state index in [-0.39, 0.29) is 35.1 Å². The lowest BCUT2D eigenvalue weighted by Gasteiger charge is -2.22. The molecule has 13 heteroatoms. The van der Waals surface area contributed by atoms with Crippen LogP contribution >= 0.6 is 11.6 Å². The lowest BCUT2D eigenvalue weighted by Crippen LogP contribution is -2.43. The van der Waals surface area contributed by atoms with E-state index < -0.39 is 53.0 Å². The highest BCUT2D eigenvalue weighted by Crippen LogP contribution is 2.36. The number of hydrogen-bond acceptors (Lipinski definition) is 4. The number of amides is 3. The molecule has 1 fully saturated rings. The van der Waals surface area contributed by atoms with Gasteiger partial charge in [0.25, 0.3) is 5.91 Å². The Morgan fingerprint density at radius 1 is 1.17 bits per heavy atom. The lowest BCUT2D eigenvalue weighted by molar-refractivity contribution is -0.138. The maximum atomic E-state index is 14.1. The van der Waals surface area contributed by atoms with Crippen molar-refractivity contribution in [2.45, 2.75) is 38.1 Å². The minimum Gasteiger partial charge on any atom is -0.364 e. The van der Waals surface area contributed by atoms with Gasteiger partial charge in [0.15, 0.2) is 5.69 Å². The minimum atomic E-state index is -4.78. The molecule has 1 saturated carbocycles. The molecule has 2 aromatic carbocycles. The highest BCUT2D eigenvalue weighted by atomic mass is 35.5. The highest BCUT2D eigenvalue weighted by molar-refractivity contribution is 6.30. The predicted molar refractivity (Wildman–Crippen MR) is 121 cm³/mol. The Bertz CT molecular complexity index is 1350. The number of aromatic nitrogens is 2. The molecule has 190 valence electrons. The zero-order valence-corrected chi connectivity index (χ0v) is 19.4. The molecule has 1 aromatic heterocycles. The van der Waals surface area contributed by atoms with Crippen molar-refractivity contribution in [2.24, 2.45) is 5.73 Å². The second kappa shape index (κ2) is 9.76. The third-order valence-corrected chi connectivity index (χ3v) is 6.02. The maximum Gasteiger partial charge on any atom is 0.418 e. The summed E-state index contributed by atoms with van der Waals surface area (Å²) in [5, 5.41) is 6.16. The van der Waals surface area contributed by atoms with Crippen LogP contribution < -0.4 is 11.1 Å². The average Bonchev–Trinajstić information content (AvgIpc) is 3.58. The van der Waals surface area contributed by atoms with Crippen molar-refractivity contribution in [2.75, 3.05) is 6.54 Å². The molecule has 8 nitrogen and oxygen atoms in total. The predicted octanol–water partition coefficient (Wildman–Crippen LogP) is 3.25. The van der Waals surface area contributed by atoms with Gasteiger partial charge in [0.1, 0.15) is 12.4 Å². The van der Waals surface area contributed by atoms with Crippen molar-refractivity contribution in [3.63, 3.8) is 0 Å². The van der Waals surface area contributed by atoms with Gasteiger partial charge in [-0.15, -0.1) is 0 Å². The molecule has 0 unspecified atom stereocenters. The number of nitrogens with one attached hydrogen (secondary N) is 1. The fourth-order valence-electron chi connectivity index (χ4n) is 3.88. The zero-order chi connectivity index (χ0) is 26.2. The van der Waals surface area contributed by atoms with Crippen LogP contribution in [0.2, 0.25) is 5.02 Å². The first-order valence-corrected chi connectivity index (χ1v) is 11.2. The number of rotatable bonds is 8. The van der Waals surface area contributed by atoms with E-state index in [2.05, 4.69) is 10.4 Å². The largest absolute Gasteiger partial charge is 0.418 e. The van der Waals surface area contributed by atoms with E-state index in [1.54, 1.807) is 0 Å². The maximum absolute atomic E-state index is 14.1. The van der Waals surface area contributed by atoms with Gasteiger partial charge in [-0.3, -0.25) is 19.1 Å². The Balaban J connectivity index is 1.55. The van der Waals surface area contributed by atoms with Crippen molar-refractivity contribution in [1.82, 2.24) is 20.0 Å². The summed E-state index contributed by atoms with van der Waals surface area (Å²) in [6.07, 6.45) is -3.55. The number of fused-ring (bicyclic) bond motifs is 1. The van der Waals surface area contributed by atoms with E-state index in [4.69, 9.17) is 17.3 Å². The third-order valence-electron chi connectivity index (χ3n) is 5.72. The molecule has 4 rings (SSSR count). The molecule has 0 atom stereocenters. The van der Waals surface area contributed by atoms with Gasteiger partial charge in [-0.2, -0.15) is 18.3 Å². The molecule has 0 radical (unpaired) electrons. The summed E-state index contributed by atoms with van der Waals surface area (Å²) < 4.78 is 55.8. The Labute approximate surface area is 207 Å². The summed E-state index contributed by atoms with van der Waals surface area (Å²) in [6.45, 7) is -1.21.